The highest BCUT2D eigenvalue weighted by Gasteiger charge is 2.16. The summed E-state index contributed by atoms with van der Waals surface area (Å²) in [4.78, 5) is 16.0. The maximum atomic E-state index is 12.5. The molecule has 0 aliphatic carbocycles. The number of carbonyl (C=O) groups excluding carboxylic acids is 1. The molecule has 0 saturated carbocycles. The Morgan fingerprint density at radius 1 is 1.10 bits per heavy atom. The van der Waals surface area contributed by atoms with Gasteiger partial charge in [-0.3, -0.25) is 4.79 Å². The molecule has 148 valence electrons. The van der Waals surface area contributed by atoms with Gasteiger partial charge in [-0.05, 0) is 66.9 Å². The standard InChI is InChI=1S/C24H24N2O3/c1-16(22-8-5-15-29-22)25-23(27)14-13-20-19-6-3-4-7-21(19)26-24(20)17-9-11-18(28-2)12-10-17/h3-12,15-16,26H,13-14H2,1-2H3,(H,25,27)/t16-/m1/s1. The van der Waals surface area contributed by atoms with E-state index in [-0.39, 0.29) is 11.9 Å². The molecule has 2 heterocycles. The van der Waals surface area contributed by atoms with Crippen LogP contribution in [0.1, 0.15) is 30.7 Å². The molecule has 0 aliphatic rings. The number of hydrogen-bond acceptors (Lipinski definition) is 3. The molecule has 4 rings (SSSR count). The van der Waals surface area contributed by atoms with Crippen molar-refractivity contribution in [2.24, 2.45) is 0 Å². The summed E-state index contributed by atoms with van der Waals surface area (Å²) in [5.74, 6) is 1.57. The van der Waals surface area contributed by atoms with Crippen molar-refractivity contribution < 1.29 is 13.9 Å². The Kier molecular flexibility index (Phi) is 5.38. The first-order valence-electron chi connectivity index (χ1n) is 9.72. The molecule has 0 saturated heterocycles. The third kappa shape index (κ3) is 4.04. The number of fused-ring (bicyclic) bond motifs is 1. The average molecular weight is 388 g/mol. The molecule has 5 heteroatoms. The predicted molar refractivity (Wildman–Crippen MR) is 114 cm³/mol. The Morgan fingerprint density at radius 3 is 2.62 bits per heavy atom. The summed E-state index contributed by atoms with van der Waals surface area (Å²) < 4.78 is 10.6. The van der Waals surface area contributed by atoms with Gasteiger partial charge in [0, 0.05) is 23.0 Å². The van der Waals surface area contributed by atoms with E-state index in [0.29, 0.717) is 12.8 Å². The van der Waals surface area contributed by atoms with E-state index in [0.717, 1.165) is 39.2 Å². The Labute approximate surface area is 169 Å². The van der Waals surface area contributed by atoms with Crippen molar-refractivity contribution in [1.29, 1.82) is 0 Å². The summed E-state index contributed by atoms with van der Waals surface area (Å²) in [6, 6.07) is 19.7. The molecule has 0 radical (unpaired) electrons. The zero-order valence-corrected chi connectivity index (χ0v) is 16.6. The van der Waals surface area contributed by atoms with Gasteiger partial charge in [0.15, 0.2) is 0 Å². The second-order valence-electron chi connectivity index (χ2n) is 7.06. The fraction of sp³-hybridized carbons (Fsp3) is 0.208. The number of benzene rings is 2. The number of rotatable bonds is 7. The fourth-order valence-corrected chi connectivity index (χ4v) is 3.62. The average Bonchev–Trinajstić information content (AvgIpc) is 3.40. The lowest BCUT2D eigenvalue weighted by molar-refractivity contribution is -0.121. The number of amides is 1. The van der Waals surface area contributed by atoms with Crippen LogP contribution in [-0.2, 0) is 11.2 Å². The van der Waals surface area contributed by atoms with Crippen LogP contribution >= 0.6 is 0 Å². The van der Waals surface area contributed by atoms with Crippen molar-refractivity contribution in [3.8, 4) is 17.0 Å². The smallest absolute Gasteiger partial charge is 0.220 e. The molecule has 2 aromatic heterocycles. The number of para-hydroxylation sites is 1. The number of hydrogen-bond donors (Lipinski definition) is 2. The second kappa shape index (κ2) is 8.27. The molecule has 5 nitrogen and oxygen atoms in total. The maximum absolute atomic E-state index is 12.5. The van der Waals surface area contributed by atoms with Gasteiger partial charge in [-0.1, -0.05) is 18.2 Å². The summed E-state index contributed by atoms with van der Waals surface area (Å²) in [6.07, 6.45) is 2.66. The van der Waals surface area contributed by atoms with E-state index in [9.17, 15) is 4.79 Å². The number of aromatic amines is 1. The maximum Gasteiger partial charge on any atom is 0.220 e. The third-order valence-corrected chi connectivity index (χ3v) is 5.14. The van der Waals surface area contributed by atoms with E-state index in [4.69, 9.17) is 9.15 Å². The monoisotopic (exact) mass is 388 g/mol. The van der Waals surface area contributed by atoms with Crippen molar-refractivity contribution in [1.82, 2.24) is 10.3 Å². The molecule has 1 amide bonds. The Hall–Kier alpha value is -3.47. The highest BCUT2D eigenvalue weighted by atomic mass is 16.5. The van der Waals surface area contributed by atoms with Crippen LogP contribution in [0.5, 0.6) is 5.75 Å². The van der Waals surface area contributed by atoms with Crippen LogP contribution in [0, 0.1) is 0 Å². The first-order valence-corrected chi connectivity index (χ1v) is 9.72. The summed E-state index contributed by atoms with van der Waals surface area (Å²) in [5.41, 5.74) is 4.33. The van der Waals surface area contributed by atoms with Crippen molar-refractivity contribution >= 4 is 16.8 Å². The topological polar surface area (TPSA) is 67.3 Å². The summed E-state index contributed by atoms with van der Waals surface area (Å²) in [6.45, 7) is 1.92. The van der Waals surface area contributed by atoms with Gasteiger partial charge in [0.2, 0.25) is 5.91 Å². The zero-order valence-electron chi connectivity index (χ0n) is 16.6. The molecule has 2 aromatic carbocycles. The van der Waals surface area contributed by atoms with Gasteiger partial charge < -0.3 is 19.5 Å². The number of nitrogens with one attached hydrogen (secondary N) is 2. The van der Waals surface area contributed by atoms with Crippen LogP contribution in [0.3, 0.4) is 0 Å². The summed E-state index contributed by atoms with van der Waals surface area (Å²) >= 11 is 0. The summed E-state index contributed by atoms with van der Waals surface area (Å²) in [5, 5.41) is 4.15. The lowest BCUT2D eigenvalue weighted by atomic mass is 10.0. The van der Waals surface area contributed by atoms with E-state index in [2.05, 4.69) is 22.4 Å². The van der Waals surface area contributed by atoms with Gasteiger partial charge in [-0.2, -0.15) is 0 Å². The van der Waals surface area contributed by atoms with Crippen LogP contribution in [0.2, 0.25) is 0 Å². The van der Waals surface area contributed by atoms with Crippen LogP contribution in [0.4, 0.5) is 0 Å². The van der Waals surface area contributed by atoms with E-state index in [1.807, 2.05) is 55.5 Å². The second-order valence-corrected chi connectivity index (χ2v) is 7.06. The van der Waals surface area contributed by atoms with Crippen molar-refractivity contribution in [3.05, 3.63) is 78.3 Å². The minimum absolute atomic E-state index is 0.000128. The zero-order chi connectivity index (χ0) is 20.2. The van der Waals surface area contributed by atoms with Crippen molar-refractivity contribution in [2.45, 2.75) is 25.8 Å². The normalized spacial score (nSPS) is 12.1. The van der Waals surface area contributed by atoms with Crippen molar-refractivity contribution in [2.75, 3.05) is 7.11 Å². The lowest BCUT2D eigenvalue weighted by Gasteiger charge is -2.12. The summed E-state index contributed by atoms with van der Waals surface area (Å²) in [7, 11) is 1.66. The van der Waals surface area contributed by atoms with Gasteiger partial charge in [0.1, 0.15) is 11.5 Å². The third-order valence-electron chi connectivity index (χ3n) is 5.14. The largest absolute Gasteiger partial charge is 0.497 e. The van der Waals surface area contributed by atoms with Crippen LogP contribution in [0.25, 0.3) is 22.2 Å². The molecular weight excluding hydrogens is 364 g/mol. The molecule has 0 unspecified atom stereocenters. The van der Waals surface area contributed by atoms with E-state index < -0.39 is 0 Å². The Morgan fingerprint density at radius 2 is 1.90 bits per heavy atom. The first-order chi connectivity index (χ1) is 14.2. The minimum atomic E-state index is -0.151. The fourth-order valence-electron chi connectivity index (χ4n) is 3.62. The molecule has 1 atom stereocenters. The molecule has 0 spiro atoms. The predicted octanol–water partition coefficient (Wildman–Crippen LogP) is 5.25. The van der Waals surface area contributed by atoms with Gasteiger partial charge in [-0.25, -0.2) is 0 Å². The van der Waals surface area contributed by atoms with Crippen molar-refractivity contribution in [3.63, 3.8) is 0 Å². The molecule has 4 aromatic rings. The van der Waals surface area contributed by atoms with E-state index in [1.54, 1.807) is 13.4 Å². The number of carbonyl (C=O) groups is 1. The highest BCUT2D eigenvalue weighted by molar-refractivity contribution is 5.91. The SMILES string of the molecule is COc1ccc(-c2[nH]c3ccccc3c2CCC(=O)N[C@H](C)c2ccco2)cc1. The molecule has 2 N–H and O–H groups in total. The number of H-pyrrole nitrogens is 1. The quantitative estimate of drug-likeness (QED) is 0.455. The minimum Gasteiger partial charge on any atom is -0.497 e. The van der Waals surface area contributed by atoms with Gasteiger partial charge in [0.05, 0.1) is 19.4 Å². The van der Waals surface area contributed by atoms with Gasteiger partial charge in [-0.15, -0.1) is 0 Å². The number of ether oxygens (including phenoxy) is 1. The van der Waals surface area contributed by atoms with E-state index >= 15 is 0 Å². The number of aryl methyl sites for hydroxylation is 1. The van der Waals surface area contributed by atoms with Gasteiger partial charge in [0.25, 0.3) is 0 Å². The number of aromatic nitrogens is 1. The van der Waals surface area contributed by atoms with Crippen LogP contribution < -0.4 is 10.1 Å². The Bertz CT molecular complexity index is 1100. The highest BCUT2D eigenvalue weighted by Crippen LogP contribution is 2.32. The van der Waals surface area contributed by atoms with Gasteiger partial charge >= 0.3 is 0 Å². The van der Waals surface area contributed by atoms with E-state index in [1.165, 1.54) is 0 Å². The Balaban J connectivity index is 1.56. The molecule has 0 fully saturated rings. The lowest BCUT2D eigenvalue weighted by Crippen LogP contribution is -2.26. The van der Waals surface area contributed by atoms with Crippen LogP contribution in [-0.4, -0.2) is 18.0 Å². The number of methoxy groups -OCH3 is 1. The molecule has 29 heavy (non-hydrogen) atoms. The first kappa shape index (κ1) is 18.9. The number of furan rings is 1. The molecular formula is C24H24N2O3. The molecule has 0 bridgehead atoms. The molecule has 0 aliphatic heterocycles. The van der Waals surface area contributed by atoms with Crippen LogP contribution in [0.15, 0.2) is 71.3 Å².